The van der Waals surface area contributed by atoms with Crippen LogP contribution in [0.3, 0.4) is 0 Å². The first-order chi connectivity index (χ1) is 15.3. The first-order valence-corrected chi connectivity index (χ1v) is 11.5. The fourth-order valence-corrected chi connectivity index (χ4v) is 4.67. The van der Waals surface area contributed by atoms with Crippen molar-refractivity contribution in [3.63, 3.8) is 0 Å². The Labute approximate surface area is 210 Å². The molecule has 0 amide bonds. The van der Waals surface area contributed by atoms with Crippen LogP contribution in [-0.4, -0.2) is 60.3 Å². The number of rotatable bonds is 8. The van der Waals surface area contributed by atoms with Crippen LogP contribution in [0.5, 0.6) is 0 Å². The van der Waals surface area contributed by atoms with Gasteiger partial charge in [-0.1, -0.05) is 30.3 Å². The summed E-state index contributed by atoms with van der Waals surface area (Å²) in [6, 6.07) is 13.3. The lowest BCUT2D eigenvalue weighted by molar-refractivity contribution is 0.0177. The molecular weight excluding hydrogens is 535 g/mol. The molecule has 1 aromatic carbocycles. The first kappa shape index (κ1) is 24.7. The molecule has 1 aliphatic heterocycles. The van der Waals surface area contributed by atoms with E-state index in [1.165, 1.54) is 16.0 Å². The molecule has 2 N–H and O–H groups in total. The largest absolute Gasteiger partial charge is 0.379 e. The lowest BCUT2D eigenvalue weighted by Gasteiger charge is -2.34. The van der Waals surface area contributed by atoms with Gasteiger partial charge in [-0.2, -0.15) is 0 Å². The SMILES string of the molecule is CN=C(NCc1cccc(Cn2ccnc2)c1)NCC(c1cccs1)N1CCOCC1.I. The Morgan fingerprint density at radius 3 is 2.75 bits per heavy atom. The van der Waals surface area contributed by atoms with Crippen LogP contribution >= 0.6 is 35.3 Å². The standard InChI is InChI=1S/C23H30N6OS.HI/c1-24-23(26-15-19-4-2-5-20(14-19)17-28-8-7-25-18-28)27-16-21(22-6-3-13-31-22)29-9-11-30-12-10-29;/h2-8,13-14,18,21H,9-12,15-17H2,1H3,(H2,24,26,27);1H. The van der Waals surface area contributed by atoms with Crippen molar-refractivity contribution in [2.24, 2.45) is 4.99 Å². The van der Waals surface area contributed by atoms with E-state index >= 15 is 0 Å². The van der Waals surface area contributed by atoms with Gasteiger partial charge in [-0.25, -0.2) is 4.98 Å². The van der Waals surface area contributed by atoms with Crippen LogP contribution < -0.4 is 10.6 Å². The molecule has 0 saturated carbocycles. The molecule has 1 saturated heterocycles. The highest BCUT2D eigenvalue weighted by atomic mass is 127. The molecule has 2 aromatic heterocycles. The molecule has 172 valence electrons. The van der Waals surface area contributed by atoms with E-state index in [2.05, 4.69) is 71.9 Å². The number of guanidine groups is 1. The van der Waals surface area contributed by atoms with Gasteiger partial charge in [0.15, 0.2) is 5.96 Å². The third kappa shape index (κ3) is 7.03. The van der Waals surface area contributed by atoms with E-state index < -0.39 is 0 Å². The number of hydrogen-bond acceptors (Lipinski definition) is 5. The van der Waals surface area contributed by atoms with Crippen LogP contribution in [-0.2, 0) is 17.8 Å². The number of nitrogens with one attached hydrogen (secondary N) is 2. The molecule has 0 aliphatic carbocycles. The van der Waals surface area contributed by atoms with E-state index in [0.29, 0.717) is 6.04 Å². The molecular formula is C23H31IN6OS. The van der Waals surface area contributed by atoms with Crippen LogP contribution in [0.15, 0.2) is 65.5 Å². The maximum absolute atomic E-state index is 5.54. The molecule has 1 atom stereocenters. The maximum atomic E-state index is 5.54. The second kappa shape index (κ2) is 12.9. The van der Waals surface area contributed by atoms with Crippen molar-refractivity contribution in [1.82, 2.24) is 25.1 Å². The summed E-state index contributed by atoms with van der Waals surface area (Å²) in [4.78, 5) is 12.4. The van der Waals surface area contributed by atoms with Crippen LogP contribution in [0.25, 0.3) is 0 Å². The van der Waals surface area contributed by atoms with E-state index in [0.717, 1.165) is 51.9 Å². The molecule has 0 radical (unpaired) electrons. The number of halogens is 1. The third-order valence-corrected chi connectivity index (χ3v) is 6.39. The van der Waals surface area contributed by atoms with Crippen molar-refractivity contribution >= 4 is 41.3 Å². The summed E-state index contributed by atoms with van der Waals surface area (Å²) in [5.74, 6) is 0.815. The molecule has 3 heterocycles. The molecule has 1 aliphatic rings. The summed E-state index contributed by atoms with van der Waals surface area (Å²) in [5.41, 5.74) is 2.48. The zero-order chi connectivity index (χ0) is 21.3. The van der Waals surface area contributed by atoms with E-state index in [1.807, 2.05) is 30.9 Å². The van der Waals surface area contributed by atoms with Crippen LogP contribution in [0.1, 0.15) is 22.0 Å². The number of morpholine rings is 1. The number of ether oxygens (including phenoxy) is 1. The predicted octanol–water partition coefficient (Wildman–Crippen LogP) is 3.35. The monoisotopic (exact) mass is 566 g/mol. The van der Waals surface area contributed by atoms with Gasteiger partial charge in [-0.15, -0.1) is 35.3 Å². The van der Waals surface area contributed by atoms with Gasteiger partial charge in [0, 0.05) is 57.0 Å². The summed E-state index contributed by atoms with van der Waals surface area (Å²) in [6.07, 6.45) is 5.63. The Kier molecular flexibility index (Phi) is 9.97. The Bertz CT molecular complexity index is 941. The van der Waals surface area contributed by atoms with Gasteiger partial charge in [0.1, 0.15) is 0 Å². The van der Waals surface area contributed by atoms with Gasteiger partial charge < -0.3 is 19.9 Å². The van der Waals surface area contributed by atoms with Gasteiger partial charge >= 0.3 is 0 Å². The van der Waals surface area contributed by atoms with E-state index in [9.17, 15) is 0 Å². The number of benzene rings is 1. The molecule has 1 fully saturated rings. The van der Waals surface area contributed by atoms with Gasteiger partial charge in [-0.05, 0) is 22.6 Å². The molecule has 0 bridgehead atoms. The summed E-state index contributed by atoms with van der Waals surface area (Å²) < 4.78 is 7.62. The molecule has 3 aromatic rings. The highest BCUT2D eigenvalue weighted by Crippen LogP contribution is 2.25. The van der Waals surface area contributed by atoms with Gasteiger partial charge in [0.05, 0.1) is 25.6 Å². The number of aliphatic imine (C=N–C) groups is 1. The second-order valence-electron chi connectivity index (χ2n) is 7.54. The van der Waals surface area contributed by atoms with Crippen LogP contribution in [0.4, 0.5) is 0 Å². The van der Waals surface area contributed by atoms with E-state index in [1.54, 1.807) is 6.20 Å². The minimum Gasteiger partial charge on any atom is -0.379 e. The average molecular weight is 567 g/mol. The first-order valence-electron chi connectivity index (χ1n) is 10.6. The lowest BCUT2D eigenvalue weighted by atomic mass is 10.1. The maximum Gasteiger partial charge on any atom is 0.191 e. The van der Waals surface area contributed by atoms with E-state index in [4.69, 9.17) is 4.74 Å². The van der Waals surface area contributed by atoms with Crippen molar-refractivity contribution in [3.8, 4) is 0 Å². The van der Waals surface area contributed by atoms with E-state index in [-0.39, 0.29) is 24.0 Å². The number of nitrogens with zero attached hydrogens (tertiary/aromatic N) is 4. The fourth-order valence-electron chi connectivity index (χ4n) is 3.81. The number of imidazole rings is 1. The topological polar surface area (TPSA) is 66.7 Å². The Morgan fingerprint density at radius 1 is 1.19 bits per heavy atom. The minimum atomic E-state index is 0. The highest BCUT2D eigenvalue weighted by Gasteiger charge is 2.23. The lowest BCUT2D eigenvalue weighted by Crippen LogP contribution is -2.46. The zero-order valence-corrected chi connectivity index (χ0v) is 21.5. The smallest absolute Gasteiger partial charge is 0.191 e. The predicted molar refractivity (Wildman–Crippen MR) is 141 cm³/mol. The third-order valence-electron chi connectivity index (χ3n) is 5.42. The molecule has 32 heavy (non-hydrogen) atoms. The summed E-state index contributed by atoms with van der Waals surface area (Å²) in [7, 11) is 1.82. The molecule has 4 rings (SSSR count). The van der Waals surface area contributed by atoms with Crippen LogP contribution in [0, 0.1) is 0 Å². The molecule has 9 heteroatoms. The number of thiophene rings is 1. The van der Waals surface area contributed by atoms with Gasteiger partial charge in [-0.3, -0.25) is 9.89 Å². The molecule has 1 unspecified atom stereocenters. The quantitative estimate of drug-likeness (QED) is 0.249. The normalized spacial score (nSPS) is 15.7. The van der Waals surface area contributed by atoms with Crippen molar-refractivity contribution < 1.29 is 4.74 Å². The Hall–Kier alpha value is -1.95. The van der Waals surface area contributed by atoms with Crippen molar-refractivity contribution in [1.29, 1.82) is 0 Å². The highest BCUT2D eigenvalue weighted by molar-refractivity contribution is 14.0. The Balaban J connectivity index is 0.00000289. The number of aromatic nitrogens is 2. The minimum absolute atomic E-state index is 0. The van der Waals surface area contributed by atoms with Crippen LogP contribution in [0.2, 0.25) is 0 Å². The second-order valence-corrected chi connectivity index (χ2v) is 8.52. The Morgan fingerprint density at radius 2 is 2.03 bits per heavy atom. The van der Waals surface area contributed by atoms with Gasteiger partial charge in [0.2, 0.25) is 0 Å². The van der Waals surface area contributed by atoms with Crippen molar-refractivity contribution in [3.05, 3.63) is 76.5 Å². The molecule has 0 spiro atoms. The molecule has 7 nitrogen and oxygen atoms in total. The summed E-state index contributed by atoms with van der Waals surface area (Å²) in [5, 5.41) is 9.13. The number of hydrogen-bond donors (Lipinski definition) is 2. The zero-order valence-electron chi connectivity index (χ0n) is 18.3. The summed E-state index contributed by atoms with van der Waals surface area (Å²) >= 11 is 1.81. The van der Waals surface area contributed by atoms with Crippen molar-refractivity contribution in [2.75, 3.05) is 39.9 Å². The van der Waals surface area contributed by atoms with Crippen molar-refractivity contribution in [2.45, 2.75) is 19.1 Å². The summed E-state index contributed by atoms with van der Waals surface area (Å²) in [6.45, 7) is 5.86. The van der Waals surface area contributed by atoms with Gasteiger partial charge in [0.25, 0.3) is 0 Å². The fraction of sp³-hybridized carbons (Fsp3) is 0.391. The average Bonchev–Trinajstić information content (AvgIpc) is 3.52.